The van der Waals surface area contributed by atoms with Gasteiger partial charge in [0.25, 0.3) is 6.43 Å². The molecule has 0 aliphatic carbocycles. The zero-order valence-electron chi connectivity index (χ0n) is 9.75. The van der Waals surface area contributed by atoms with Crippen LogP contribution in [-0.4, -0.2) is 57.9 Å². The minimum Gasteiger partial charge on any atom is -0.380 e. The van der Waals surface area contributed by atoms with Gasteiger partial charge in [0, 0.05) is 20.2 Å². The lowest BCUT2D eigenvalue weighted by Gasteiger charge is -2.11. The minimum atomic E-state index is -2.47. The molecule has 0 saturated carbocycles. The summed E-state index contributed by atoms with van der Waals surface area (Å²) in [5.74, 6) is -0.148. The molecule has 1 heterocycles. The van der Waals surface area contributed by atoms with Gasteiger partial charge in [-0.3, -0.25) is 4.79 Å². The molecule has 5 nitrogen and oxygen atoms in total. The molecule has 17 heavy (non-hydrogen) atoms. The average Bonchev–Trinajstić information content (AvgIpc) is 2.76. The van der Waals surface area contributed by atoms with Crippen LogP contribution in [0, 0.1) is 0 Å². The molecule has 0 bridgehead atoms. The number of amides is 1. The summed E-state index contributed by atoms with van der Waals surface area (Å²) < 4.78 is 33.2. The lowest BCUT2D eigenvalue weighted by molar-refractivity contribution is -0.123. The van der Waals surface area contributed by atoms with Crippen LogP contribution < -0.4 is 10.6 Å². The van der Waals surface area contributed by atoms with Gasteiger partial charge >= 0.3 is 0 Å². The van der Waals surface area contributed by atoms with Crippen molar-refractivity contribution in [3.8, 4) is 0 Å². The zero-order chi connectivity index (χ0) is 12.7. The molecule has 1 amide bonds. The third kappa shape index (κ3) is 5.38. The summed E-state index contributed by atoms with van der Waals surface area (Å²) >= 11 is 0. The second-order valence-electron chi connectivity index (χ2n) is 3.81. The summed E-state index contributed by atoms with van der Waals surface area (Å²) in [5, 5.41) is 5.63. The third-order valence-corrected chi connectivity index (χ3v) is 2.53. The van der Waals surface area contributed by atoms with E-state index in [1.165, 1.54) is 0 Å². The predicted molar refractivity (Wildman–Crippen MR) is 57.0 cm³/mol. The summed E-state index contributed by atoms with van der Waals surface area (Å²) in [7, 11) is 1.60. The molecule has 1 aliphatic heterocycles. The highest BCUT2D eigenvalue weighted by Gasteiger charge is 2.28. The smallest absolute Gasteiger partial charge is 0.261 e. The summed E-state index contributed by atoms with van der Waals surface area (Å²) in [5.41, 5.74) is 0. The molecule has 1 saturated heterocycles. The molecular weight excluding hydrogens is 234 g/mol. The van der Waals surface area contributed by atoms with Gasteiger partial charge in [-0.1, -0.05) is 0 Å². The molecular formula is C10H18F2N2O3. The Labute approximate surface area is 98.8 Å². The Morgan fingerprint density at radius 1 is 1.59 bits per heavy atom. The van der Waals surface area contributed by atoms with Crippen molar-refractivity contribution < 1.29 is 23.0 Å². The van der Waals surface area contributed by atoms with Crippen molar-refractivity contribution >= 4 is 5.91 Å². The van der Waals surface area contributed by atoms with Crippen molar-refractivity contribution in [2.45, 2.75) is 25.0 Å². The van der Waals surface area contributed by atoms with Crippen molar-refractivity contribution in [3.05, 3.63) is 0 Å². The molecule has 0 spiro atoms. The van der Waals surface area contributed by atoms with E-state index in [2.05, 4.69) is 15.4 Å². The van der Waals surface area contributed by atoms with Gasteiger partial charge in [-0.05, 0) is 6.42 Å². The Balaban J connectivity index is 2.05. The lowest BCUT2D eigenvalue weighted by Crippen LogP contribution is -2.41. The average molecular weight is 252 g/mol. The number of hydrogen-bond acceptors (Lipinski definition) is 4. The van der Waals surface area contributed by atoms with Crippen LogP contribution in [0.3, 0.4) is 0 Å². The third-order valence-electron chi connectivity index (χ3n) is 2.53. The summed E-state index contributed by atoms with van der Waals surface area (Å²) in [6.45, 7) is 0.387. The second kappa shape index (κ2) is 7.52. The van der Waals surface area contributed by atoms with Crippen LogP contribution in [-0.2, 0) is 14.3 Å². The second-order valence-corrected chi connectivity index (χ2v) is 3.81. The largest absolute Gasteiger partial charge is 0.380 e. The molecule has 100 valence electrons. The molecule has 2 N–H and O–H groups in total. The standard InChI is InChI=1S/C10H18F2N2O3/c1-16-7-4-8(14-5-7)10(15)13-2-3-17-6-9(11)12/h7-9,14H,2-6H2,1H3,(H,13,15). The number of alkyl halides is 2. The summed E-state index contributed by atoms with van der Waals surface area (Å²) in [6.07, 6.45) is -1.79. The molecule has 1 rings (SSSR count). The first-order valence-corrected chi connectivity index (χ1v) is 5.53. The number of ether oxygens (including phenoxy) is 2. The molecule has 0 aromatic heterocycles. The van der Waals surface area contributed by atoms with Gasteiger partial charge in [-0.2, -0.15) is 0 Å². The number of carbonyl (C=O) groups is 1. The Bertz CT molecular complexity index is 242. The Morgan fingerprint density at radius 2 is 2.35 bits per heavy atom. The highest BCUT2D eigenvalue weighted by Crippen LogP contribution is 2.09. The highest BCUT2D eigenvalue weighted by molar-refractivity contribution is 5.82. The normalized spacial score (nSPS) is 24.2. The molecule has 1 fully saturated rings. The van der Waals surface area contributed by atoms with Crippen molar-refractivity contribution in [2.75, 3.05) is 33.4 Å². The number of nitrogens with one attached hydrogen (secondary N) is 2. The SMILES string of the molecule is COC1CNC(C(=O)NCCOCC(F)F)C1. The topological polar surface area (TPSA) is 59.6 Å². The molecule has 0 aromatic rings. The van der Waals surface area contributed by atoms with E-state index in [1.54, 1.807) is 7.11 Å². The van der Waals surface area contributed by atoms with Gasteiger partial charge in [0.1, 0.15) is 6.61 Å². The van der Waals surface area contributed by atoms with Gasteiger partial charge < -0.3 is 20.1 Å². The van der Waals surface area contributed by atoms with Crippen molar-refractivity contribution in [1.82, 2.24) is 10.6 Å². The van der Waals surface area contributed by atoms with Gasteiger partial charge in [0.05, 0.1) is 18.8 Å². The molecule has 0 aromatic carbocycles. The van der Waals surface area contributed by atoms with Crippen molar-refractivity contribution in [1.29, 1.82) is 0 Å². The van der Waals surface area contributed by atoms with E-state index in [9.17, 15) is 13.6 Å². The molecule has 2 atom stereocenters. The van der Waals surface area contributed by atoms with Crippen LogP contribution in [0.2, 0.25) is 0 Å². The first-order valence-electron chi connectivity index (χ1n) is 5.53. The molecule has 0 radical (unpaired) electrons. The van der Waals surface area contributed by atoms with Crippen LogP contribution in [0.4, 0.5) is 8.78 Å². The van der Waals surface area contributed by atoms with E-state index < -0.39 is 13.0 Å². The van der Waals surface area contributed by atoms with Gasteiger partial charge in [-0.25, -0.2) is 8.78 Å². The fourth-order valence-corrected chi connectivity index (χ4v) is 1.62. The quantitative estimate of drug-likeness (QED) is 0.614. The Kier molecular flexibility index (Phi) is 6.31. The maximum absolute atomic E-state index is 11.7. The molecule has 7 heteroatoms. The van der Waals surface area contributed by atoms with E-state index >= 15 is 0 Å². The maximum atomic E-state index is 11.7. The number of rotatable bonds is 7. The van der Waals surface area contributed by atoms with Crippen molar-refractivity contribution in [2.24, 2.45) is 0 Å². The van der Waals surface area contributed by atoms with E-state index in [4.69, 9.17) is 4.74 Å². The molecule has 1 aliphatic rings. The number of carbonyl (C=O) groups excluding carboxylic acids is 1. The zero-order valence-corrected chi connectivity index (χ0v) is 9.75. The van der Waals surface area contributed by atoms with Crippen LogP contribution >= 0.6 is 0 Å². The maximum Gasteiger partial charge on any atom is 0.261 e. The number of hydrogen-bond donors (Lipinski definition) is 2. The van der Waals surface area contributed by atoms with Crippen molar-refractivity contribution in [3.63, 3.8) is 0 Å². The van der Waals surface area contributed by atoms with Crippen LogP contribution in [0.5, 0.6) is 0 Å². The highest BCUT2D eigenvalue weighted by atomic mass is 19.3. The summed E-state index contributed by atoms with van der Waals surface area (Å²) in [6, 6.07) is -0.268. The first-order chi connectivity index (χ1) is 8.13. The van der Waals surface area contributed by atoms with E-state index in [1.807, 2.05) is 0 Å². The molecule has 2 unspecified atom stereocenters. The van der Waals surface area contributed by atoms with Crippen LogP contribution in [0.1, 0.15) is 6.42 Å². The van der Waals surface area contributed by atoms with E-state index in [0.29, 0.717) is 13.0 Å². The lowest BCUT2D eigenvalue weighted by atomic mass is 10.2. The summed E-state index contributed by atoms with van der Waals surface area (Å²) in [4.78, 5) is 11.6. The van der Waals surface area contributed by atoms with Gasteiger partial charge in [-0.15, -0.1) is 0 Å². The fraction of sp³-hybridized carbons (Fsp3) is 0.900. The predicted octanol–water partition coefficient (Wildman–Crippen LogP) is -0.239. The van der Waals surface area contributed by atoms with Crippen LogP contribution in [0.25, 0.3) is 0 Å². The van der Waals surface area contributed by atoms with Gasteiger partial charge in [0.15, 0.2) is 0 Å². The number of halogens is 2. The first kappa shape index (κ1) is 14.3. The Morgan fingerprint density at radius 3 is 2.94 bits per heavy atom. The Hall–Kier alpha value is -0.790. The van der Waals surface area contributed by atoms with Crippen LogP contribution in [0.15, 0.2) is 0 Å². The van der Waals surface area contributed by atoms with Gasteiger partial charge in [0.2, 0.25) is 5.91 Å². The van der Waals surface area contributed by atoms with E-state index in [0.717, 1.165) is 0 Å². The minimum absolute atomic E-state index is 0.0563. The van der Waals surface area contributed by atoms with E-state index in [-0.39, 0.29) is 31.2 Å². The fourth-order valence-electron chi connectivity index (χ4n) is 1.62. The monoisotopic (exact) mass is 252 g/mol. The number of methoxy groups -OCH3 is 1.